The Morgan fingerprint density at radius 3 is 3.00 bits per heavy atom. The summed E-state index contributed by atoms with van der Waals surface area (Å²) in [5, 5.41) is 6.28. The van der Waals surface area contributed by atoms with E-state index >= 15 is 0 Å². The summed E-state index contributed by atoms with van der Waals surface area (Å²) in [5.74, 6) is 1.32. The summed E-state index contributed by atoms with van der Waals surface area (Å²) in [6, 6.07) is 0.190. The molecule has 6 heteroatoms. The lowest BCUT2D eigenvalue weighted by molar-refractivity contribution is -0.134. The van der Waals surface area contributed by atoms with Crippen molar-refractivity contribution in [3.63, 3.8) is 0 Å². The lowest BCUT2D eigenvalue weighted by atomic mass is 9.85. The van der Waals surface area contributed by atoms with Crippen molar-refractivity contribution in [3.8, 4) is 0 Å². The van der Waals surface area contributed by atoms with Gasteiger partial charge in [0.05, 0.1) is 6.04 Å². The van der Waals surface area contributed by atoms with Gasteiger partial charge in [0.2, 0.25) is 5.91 Å². The first-order valence-corrected chi connectivity index (χ1v) is 8.18. The minimum atomic E-state index is 0.0220. The van der Waals surface area contributed by atoms with Crippen LogP contribution in [-0.2, 0) is 4.79 Å². The van der Waals surface area contributed by atoms with E-state index in [0.29, 0.717) is 44.4 Å². The van der Waals surface area contributed by atoms with Gasteiger partial charge in [-0.2, -0.15) is 0 Å². The molecule has 3 saturated heterocycles. The number of hydrogen-bond acceptors (Lipinski definition) is 3. The second kappa shape index (κ2) is 6.22. The maximum absolute atomic E-state index is 12.5. The van der Waals surface area contributed by atoms with Crippen molar-refractivity contribution in [2.45, 2.75) is 32.2 Å². The number of piperazine rings is 1. The minimum absolute atomic E-state index is 0.0220. The molecule has 3 aliphatic heterocycles. The van der Waals surface area contributed by atoms with Crippen LogP contribution < -0.4 is 10.6 Å². The van der Waals surface area contributed by atoms with Gasteiger partial charge < -0.3 is 20.4 Å². The van der Waals surface area contributed by atoms with Crippen molar-refractivity contribution in [2.75, 3.05) is 39.3 Å². The third kappa shape index (κ3) is 3.15. The first kappa shape index (κ1) is 14.6. The van der Waals surface area contributed by atoms with E-state index in [1.807, 2.05) is 9.80 Å². The lowest BCUT2D eigenvalue weighted by Crippen LogP contribution is -2.54. The first-order valence-electron chi connectivity index (χ1n) is 8.18. The number of fused-ring (bicyclic) bond motifs is 1. The van der Waals surface area contributed by atoms with E-state index in [-0.39, 0.29) is 18.0 Å². The summed E-state index contributed by atoms with van der Waals surface area (Å²) in [4.78, 5) is 27.9. The second-order valence-electron chi connectivity index (χ2n) is 6.66. The predicted molar refractivity (Wildman–Crippen MR) is 79.8 cm³/mol. The Morgan fingerprint density at radius 1 is 1.38 bits per heavy atom. The Bertz CT molecular complexity index is 408. The fourth-order valence-electron chi connectivity index (χ4n) is 3.77. The standard InChI is InChI=1S/C15H26N4O2/c1-11(12-3-2-4-16-8-12)7-14(20)18-5-6-19-13(10-18)9-17-15(19)21/h11-13,16H,2-10H2,1H3,(H,17,21). The molecule has 3 amide bonds. The molecule has 0 radical (unpaired) electrons. The van der Waals surface area contributed by atoms with Gasteiger partial charge in [-0.25, -0.2) is 4.79 Å². The summed E-state index contributed by atoms with van der Waals surface area (Å²) in [6.45, 7) is 7.06. The van der Waals surface area contributed by atoms with Gasteiger partial charge in [0.25, 0.3) is 0 Å². The molecule has 3 fully saturated rings. The van der Waals surface area contributed by atoms with E-state index in [1.165, 1.54) is 12.8 Å². The molecule has 0 aromatic carbocycles. The molecular weight excluding hydrogens is 268 g/mol. The first-order chi connectivity index (χ1) is 10.1. The minimum Gasteiger partial charge on any atom is -0.339 e. The van der Waals surface area contributed by atoms with Crippen molar-refractivity contribution in [2.24, 2.45) is 11.8 Å². The SMILES string of the molecule is CC(CC(=O)N1CCN2C(=O)NCC2C1)C1CCCNC1. The zero-order valence-corrected chi connectivity index (χ0v) is 12.8. The van der Waals surface area contributed by atoms with Crippen LogP contribution in [0.5, 0.6) is 0 Å². The number of nitrogens with zero attached hydrogens (tertiary/aromatic N) is 2. The van der Waals surface area contributed by atoms with Crippen LogP contribution in [0, 0.1) is 11.8 Å². The maximum atomic E-state index is 12.5. The van der Waals surface area contributed by atoms with Gasteiger partial charge in [0.15, 0.2) is 0 Å². The molecule has 118 valence electrons. The molecule has 0 aromatic heterocycles. The van der Waals surface area contributed by atoms with E-state index < -0.39 is 0 Å². The van der Waals surface area contributed by atoms with Crippen LogP contribution in [0.25, 0.3) is 0 Å². The maximum Gasteiger partial charge on any atom is 0.317 e. The summed E-state index contributed by atoms with van der Waals surface area (Å²) in [7, 11) is 0. The molecule has 3 rings (SSSR count). The number of piperidine rings is 1. The van der Waals surface area contributed by atoms with E-state index in [1.54, 1.807) is 0 Å². The largest absolute Gasteiger partial charge is 0.339 e. The summed E-state index contributed by atoms with van der Waals surface area (Å²) >= 11 is 0. The van der Waals surface area contributed by atoms with E-state index in [4.69, 9.17) is 0 Å². The molecule has 3 heterocycles. The van der Waals surface area contributed by atoms with Crippen LogP contribution in [0.1, 0.15) is 26.2 Å². The van der Waals surface area contributed by atoms with Crippen LogP contribution in [-0.4, -0.2) is 67.0 Å². The van der Waals surface area contributed by atoms with Gasteiger partial charge in [-0.15, -0.1) is 0 Å². The lowest BCUT2D eigenvalue weighted by Gasteiger charge is -2.37. The monoisotopic (exact) mass is 294 g/mol. The smallest absolute Gasteiger partial charge is 0.317 e. The molecule has 21 heavy (non-hydrogen) atoms. The predicted octanol–water partition coefficient (Wildman–Crippen LogP) is 0.248. The Morgan fingerprint density at radius 2 is 2.24 bits per heavy atom. The third-order valence-corrected chi connectivity index (χ3v) is 5.22. The Balaban J connectivity index is 1.50. The Hall–Kier alpha value is -1.30. The molecule has 3 aliphatic rings. The van der Waals surface area contributed by atoms with Gasteiger partial charge >= 0.3 is 6.03 Å². The highest BCUT2D eigenvalue weighted by Gasteiger charge is 2.37. The molecule has 6 nitrogen and oxygen atoms in total. The number of hydrogen-bond donors (Lipinski definition) is 2. The average molecular weight is 294 g/mol. The van der Waals surface area contributed by atoms with Gasteiger partial charge in [0, 0.05) is 32.6 Å². The molecule has 3 atom stereocenters. The van der Waals surface area contributed by atoms with Crippen LogP contribution in [0.2, 0.25) is 0 Å². The number of amides is 3. The van der Waals surface area contributed by atoms with Gasteiger partial charge in [-0.1, -0.05) is 6.92 Å². The van der Waals surface area contributed by atoms with Crippen LogP contribution in [0.15, 0.2) is 0 Å². The van der Waals surface area contributed by atoms with E-state index in [2.05, 4.69) is 17.6 Å². The number of nitrogens with one attached hydrogen (secondary N) is 2. The molecule has 0 spiro atoms. The quantitative estimate of drug-likeness (QED) is 0.784. The summed E-state index contributed by atoms with van der Waals surface area (Å²) < 4.78 is 0. The van der Waals surface area contributed by atoms with Gasteiger partial charge in [-0.3, -0.25) is 4.79 Å². The summed E-state index contributed by atoms with van der Waals surface area (Å²) in [6.07, 6.45) is 3.09. The Kier molecular flexibility index (Phi) is 4.33. The third-order valence-electron chi connectivity index (χ3n) is 5.22. The highest BCUT2D eigenvalue weighted by atomic mass is 16.2. The highest BCUT2D eigenvalue weighted by molar-refractivity contribution is 5.79. The van der Waals surface area contributed by atoms with Gasteiger partial charge in [0.1, 0.15) is 0 Å². The highest BCUT2D eigenvalue weighted by Crippen LogP contribution is 2.24. The van der Waals surface area contributed by atoms with Crippen molar-refractivity contribution < 1.29 is 9.59 Å². The fourth-order valence-corrected chi connectivity index (χ4v) is 3.77. The normalized spacial score (nSPS) is 30.8. The number of rotatable bonds is 3. The Labute approximate surface area is 126 Å². The molecule has 3 unspecified atom stereocenters. The van der Waals surface area contributed by atoms with Gasteiger partial charge in [-0.05, 0) is 37.8 Å². The topological polar surface area (TPSA) is 64.7 Å². The molecule has 0 aromatic rings. The number of urea groups is 1. The van der Waals surface area contributed by atoms with Crippen molar-refractivity contribution in [3.05, 3.63) is 0 Å². The second-order valence-corrected chi connectivity index (χ2v) is 6.66. The van der Waals surface area contributed by atoms with E-state index in [0.717, 1.165) is 13.1 Å². The number of carbonyl (C=O) groups is 2. The zero-order chi connectivity index (χ0) is 14.8. The van der Waals surface area contributed by atoms with Crippen molar-refractivity contribution in [1.29, 1.82) is 0 Å². The van der Waals surface area contributed by atoms with E-state index in [9.17, 15) is 9.59 Å². The molecule has 0 aliphatic carbocycles. The molecule has 0 bridgehead atoms. The van der Waals surface area contributed by atoms with Crippen molar-refractivity contribution in [1.82, 2.24) is 20.4 Å². The fraction of sp³-hybridized carbons (Fsp3) is 0.867. The molecule has 2 N–H and O–H groups in total. The molecule has 0 saturated carbocycles. The summed E-state index contributed by atoms with van der Waals surface area (Å²) in [5.41, 5.74) is 0. The van der Waals surface area contributed by atoms with Crippen LogP contribution in [0.3, 0.4) is 0 Å². The van der Waals surface area contributed by atoms with Crippen molar-refractivity contribution >= 4 is 11.9 Å². The average Bonchev–Trinajstić information content (AvgIpc) is 2.89. The van der Waals surface area contributed by atoms with Crippen LogP contribution in [0.4, 0.5) is 4.79 Å². The number of carbonyl (C=O) groups excluding carboxylic acids is 2. The van der Waals surface area contributed by atoms with Crippen LogP contribution >= 0.6 is 0 Å². The zero-order valence-electron chi connectivity index (χ0n) is 12.8. The molecular formula is C15H26N4O2.